The van der Waals surface area contributed by atoms with Crippen LogP contribution in [0.2, 0.25) is 0 Å². The molecule has 0 aromatic heterocycles. The molecule has 2 unspecified atom stereocenters. The average molecular weight is 196 g/mol. The normalized spacial score (nSPS) is 32.8. The summed E-state index contributed by atoms with van der Waals surface area (Å²) in [5, 5.41) is 0. The smallest absolute Gasteiger partial charge is 0.00965 e. The van der Waals surface area contributed by atoms with Crippen molar-refractivity contribution in [2.75, 3.05) is 13.1 Å². The van der Waals surface area contributed by atoms with E-state index in [0.29, 0.717) is 6.04 Å². The van der Waals surface area contributed by atoms with E-state index in [1.54, 1.807) is 0 Å². The van der Waals surface area contributed by atoms with Crippen LogP contribution in [0, 0.1) is 5.92 Å². The summed E-state index contributed by atoms with van der Waals surface area (Å²) in [5.74, 6) is 0.900. The number of hydrogen-bond acceptors (Lipinski definition) is 2. The Morgan fingerprint density at radius 3 is 2.50 bits per heavy atom. The summed E-state index contributed by atoms with van der Waals surface area (Å²) in [7, 11) is 0. The molecule has 0 aliphatic heterocycles. The van der Waals surface area contributed by atoms with Crippen LogP contribution in [0.5, 0.6) is 0 Å². The largest absolute Gasteiger partial charge is 0.328 e. The zero-order valence-corrected chi connectivity index (χ0v) is 9.41. The average Bonchev–Trinajstić information content (AvgIpc) is 2.91. The molecule has 2 nitrogen and oxygen atoms in total. The van der Waals surface area contributed by atoms with E-state index in [-0.39, 0.29) is 0 Å². The van der Waals surface area contributed by atoms with Crippen molar-refractivity contribution in [3.63, 3.8) is 0 Å². The fraction of sp³-hybridized carbons (Fsp3) is 1.00. The Morgan fingerprint density at radius 1 is 1.21 bits per heavy atom. The van der Waals surface area contributed by atoms with Gasteiger partial charge in [-0.25, -0.2) is 0 Å². The second kappa shape index (κ2) is 4.63. The lowest BCUT2D eigenvalue weighted by Crippen LogP contribution is -2.32. The van der Waals surface area contributed by atoms with Gasteiger partial charge in [-0.15, -0.1) is 0 Å². The van der Waals surface area contributed by atoms with Crippen LogP contribution in [0.4, 0.5) is 0 Å². The predicted molar refractivity (Wildman–Crippen MR) is 60.2 cm³/mol. The highest BCUT2D eigenvalue weighted by molar-refractivity contribution is 4.87. The minimum absolute atomic E-state index is 0.502. The molecule has 0 saturated heterocycles. The first-order valence-corrected chi connectivity index (χ1v) is 6.29. The third kappa shape index (κ3) is 2.71. The van der Waals surface area contributed by atoms with E-state index < -0.39 is 0 Å². The van der Waals surface area contributed by atoms with Gasteiger partial charge in [0.15, 0.2) is 0 Å². The Morgan fingerprint density at radius 2 is 2.00 bits per heavy atom. The Kier molecular flexibility index (Phi) is 3.45. The van der Waals surface area contributed by atoms with Crippen LogP contribution in [0.15, 0.2) is 0 Å². The summed E-state index contributed by atoms with van der Waals surface area (Å²) in [6.45, 7) is 4.92. The molecule has 2 saturated carbocycles. The summed E-state index contributed by atoms with van der Waals surface area (Å²) in [5.41, 5.74) is 5.95. The molecule has 14 heavy (non-hydrogen) atoms. The van der Waals surface area contributed by atoms with E-state index in [2.05, 4.69) is 11.8 Å². The first-order chi connectivity index (χ1) is 6.79. The number of nitrogens with zero attached hydrogens (tertiary/aromatic N) is 1. The molecule has 0 heterocycles. The van der Waals surface area contributed by atoms with Gasteiger partial charge in [0.25, 0.3) is 0 Å². The molecule has 2 rings (SSSR count). The topological polar surface area (TPSA) is 29.3 Å². The van der Waals surface area contributed by atoms with Crippen molar-refractivity contribution >= 4 is 0 Å². The van der Waals surface area contributed by atoms with Gasteiger partial charge in [0.1, 0.15) is 0 Å². The molecule has 2 aliphatic rings. The Balaban J connectivity index is 1.75. The molecule has 0 bridgehead atoms. The van der Waals surface area contributed by atoms with Crippen molar-refractivity contribution in [3.05, 3.63) is 0 Å². The van der Waals surface area contributed by atoms with Gasteiger partial charge < -0.3 is 10.6 Å². The van der Waals surface area contributed by atoms with Gasteiger partial charge >= 0.3 is 0 Å². The molecule has 2 aliphatic carbocycles. The molecule has 2 fully saturated rings. The van der Waals surface area contributed by atoms with Crippen molar-refractivity contribution < 1.29 is 0 Å². The van der Waals surface area contributed by atoms with Crippen LogP contribution in [-0.4, -0.2) is 30.1 Å². The first kappa shape index (κ1) is 10.4. The van der Waals surface area contributed by atoms with Crippen LogP contribution in [-0.2, 0) is 0 Å². The van der Waals surface area contributed by atoms with Gasteiger partial charge in [0.2, 0.25) is 0 Å². The zero-order valence-electron chi connectivity index (χ0n) is 9.41. The third-order valence-electron chi connectivity index (χ3n) is 3.65. The Bertz CT molecular complexity index is 177. The van der Waals surface area contributed by atoms with E-state index >= 15 is 0 Å². The van der Waals surface area contributed by atoms with Crippen LogP contribution in [0.25, 0.3) is 0 Å². The first-order valence-electron chi connectivity index (χ1n) is 6.29. The van der Waals surface area contributed by atoms with E-state index in [4.69, 9.17) is 5.73 Å². The molecule has 0 radical (unpaired) electrons. The Labute approximate surface area is 87.8 Å². The fourth-order valence-corrected chi connectivity index (χ4v) is 2.76. The zero-order chi connectivity index (χ0) is 9.97. The second-order valence-corrected chi connectivity index (χ2v) is 5.17. The molecule has 82 valence electrons. The minimum atomic E-state index is 0.502. The monoisotopic (exact) mass is 196 g/mol. The predicted octanol–water partition coefficient (Wildman–Crippen LogP) is 1.99. The highest BCUT2D eigenvalue weighted by Crippen LogP contribution is 2.31. The van der Waals surface area contributed by atoms with Gasteiger partial charge in [-0.05, 0) is 51.0 Å². The molecule has 0 aromatic rings. The molecule has 2 N–H and O–H groups in total. The lowest BCUT2D eigenvalue weighted by atomic mass is 10.1. The quantitative estimate of drug-likeness (QED) is 0.728. The van der Waals surface area contributed by atoms with Crippen molar-refractivity contribution in [3.8, 4) is 0 Å². The molecule has 0 aromatic carbocycles. The minimum Gasteiger partial charge on any atom is -0.328 e. The number of rotatable bonds is 5. The highest BCUT2D eigenvalue weighted by atomic mass is 15.2. The van der Waals surface area contributed by atoms with E-state index in [1.807, 2.05) is 0 Å². The van der Waals surface area contributed by atoms with Gasteiger partial charge in [0.05, 0.1) is 0 Å². The van der Waals surface area contributed by atoms with E-state index in [9.17, 15) is 0 Å². The van der Waals surface area contributed by atoms with Gasteiger partial charge in [-0.3, -0.25) is 0 Å². The maximum atomic E-state index is 5.95. The Hall–Kier alpha value is -0.0800. The highest BCUT2D eigenvalue weighted by Gasteiger charge is 2.31. The van der Waals surface area contributed by atoms with Crippen LogP contribution in [0.3, 0.4) is 0 Å². The SMILES string of the molecule is CCCN(CC1CCC(N)C1)C1CC1. The fourth-order valence-electron chi connectivity index (χ4n) is 2.76. The molecule has 2 heteroatoms. The number of nitrogens with two attached hydrogens (primary N) is 1. The van der Waals surface area contributed by atoms with Crippen molar-refractivity contribution in [2.45, 2.75) is 57.5 Å². The van der Waals surface area contributed by atoms with Crippen LogP contribution >= 0.6 is 0 Å². The molecule has 0 spiro atoms. The molecular weight excluding hydrogens is 172 g/mol. The van der Waals surface area contributed by atoms with Crippen LogP contribution in [0.1, 0.15) is 45.4 Å². The lowest BCUT2D eigenvalue weighted by Gasteiger charge is -2.24. The second-order valence-electron chi connectivity index (χ2n) is 5.17. The van der Waals surface area contributed by atoms with Crippen molar-refractivity contribution in [1.29, 1.82) is 0 Å². The molecule has 0 amide bonds. The lowest BCUT2D eigenvalue weighted by molar-refractivity contribution is 0.222. The maximum Gasteiger partial charge on any atom is 0.00965 e. The van der Waals surface area contributed by atoms with Crippen molar-refractivity contribution in [2.24, 2.45) is 11.7 Å². The van der Waals surface area contributed by atoms with Crippen molar-refractivity contribution in [1.82, 2.24) is 4.90 Å². The van der Waals surface area contributed by atoms with Gasteiger partial charge in [0, 0.05) is 18.6 Å². The maximum absolute atomic E-state index is 5.95. The third-order valence-corrected chi connectivity index (χ3v) is 3.65. The summed E-state index contributed by atoms with van der Waals surface area (Å²) in [6.07, 6.45) is 8.09. The van der Waals surface area contributed by atoms with E-state index in [1.165, 1.54) is 51.6 Å². The summed E-state index contributed by atoms with van der Waals surface area (Å²) in [6, 6.07) is 1.44. The standard InChI is InChI=1S/C12H24N2/c1-2-7-14(12-5-6-12)9-10-3-4-11(13)8-10/h10-12H,2-9,13H2,1H3. The summed E-state index contributed by atoms with van der Waals surface area (Å²) >= 11 is 0. The summed E-state index contributed by atoms with van der Waals surface area (Å²) < 4.78 is 0. The van der Waals surface area contributed by atoms with Crippen LogP contribution < -0.4 is 5.73 Å². The molecular formula is C12H24N2. The number of hydrogen-bond donors (Lipinski definition) is 1. The van der Waals surface area contributed by atoms with Gasteiger partial charge in [-0.2, -0.15) is 0 Å². The van der Waals surface area contributed by atoms with Gasteiger partial charge in [-0.1, -0.05) is 6.92 Å². The summed E-state index contributed by atoms with van der Waals surface area (Å²) in [4.78, 5) is 2.71. The molecule has 2 atom stereocenters. The van der Waals surface area contributed by atoms with E-state index in [0.717, 1.165) is 12.0 Å².